The first-order valence-electron chi connectivity index (χ1n) is 16.3. The minimum absolute atomic E-state index is 0.152. The molecule has 4 aromatic rings. The summed E-state index contributed by atoms with van der Waals surface area (Å²) in [5.41, 5.74) is 5.51. The molecule has 4 heterocycles. The Balaban J connectivity index is 1.37. The van der Waals surface area contributed by atoms with Crippen LogP contribution in [-0.4, -0.2) is 64.2 Å². The van der Waals surface area contributed by atoms with E-state index >= 15 is 0 Å². The lowest BCUT2D eigenvalue weighted by Gasteiger charge is -2.34. The Morgan fingerprint density at radius 1 is 1.02 bits per heavy atom. The van der Waals surface area contributed by atoms with Gasteiger partial charge in [0.25, 0.3) is 11.5 Å². The molecule has 0 aliphatic carbocycles. The van der Waals surface area contributed by atoms with Gasteiger partial charge in [-0.05, 0) is 80.6 Å². The fraction of sp³-hybridized carbons (Fsp3) is 0.444. The third-order valence-electron chi connectivity index (χ3n) is 8.43. The molecule has 1 fully saturated rings. The van der Waals surface area contributed by atoms with Crippen LogP contribution in [0.1, 0.15) is 74.3 Å². The summed E-state index contributed by atoms with van der Waals surface area (Å²) >= 11 is 0. The summed E-state index contributed by atoms with van der Waals surface area (Å²) in [4.78, 5) is 50.5. The zero-order chi connectivity index (χ0) is 33.0. The van der Waals surface area contributed by atoms with Crippen LogP contribution in [0.2, 0.25) is 0 Å². The largest absolute Gasteiger partial charge is 0.449 e. The molecule has 2 N–H and O–H groups in total. The molecule has 1 aromatic carbocycles. The maximum Gasteiger partial charge on any atom is 0.409 e. The normalized spacial score (nSPS) is 13.6. The Morgan fingerprint density at radius 3 is 2.43 bits per heavy atom. The van der Waals surface area contributed by atoms with Crippen molar-refractivity contribution in [1.82, 2.24) is 24.8 Å². The van der Waals surface area contributed by atoms with Gasteiger partial charge in [0.15, 0.2) is 0 Å². The molecule has 0 spiro atoms. The smallest absolute Gasteiger partial charge is 0.409 e. The highest BCUT2D eigenvalue weighted by Gasteiger charge is 2.23. The lowest BCUT2D eigenvalue weighted by Crippen LogP contribution is -2.49. The zero-order valence-electron chi connectivity index (χ0n) is 27.9. The number of amides is 2. The van der Waals surface area contributed by atoms with Gasteiger partial charge in [0.1, 0.15) is 5.82 Å². The third kappa shape index (κ3) is 7.27. The monoisotopic (exact) mass is 626 g/mol. The van der Waals surface area contributed by atoms with Crippen molar-refractivity contribution >= 4 is 28.7 Å². The van der Waals surface area contributed by atoms with Gasteiger partial charge in [-0.3, -0.25) is 9.59 Å². The molecule has 0 radical (unpaired) electrons. The van der Waals surface area contributed by atoms with Gasteiger partial charge in [0.05, 0.1) is 6.61 Å². The first-order valence-corrected chi connectivity index (χ1v) is 16.3. The second-order valence-electron chi connectivity index (χ2n) is 12.8. The zero-order valence-corrected chi connectivity index (χ0v) is 27.9. The number of fused-ring (bicyclic) bond motifs is 1. The van der Waals surface area contributed by atoms with E-state index in [1.807, 2.05) is 63.5 Å². The number of aromatic nitrogens is 3. The number of nitrogens with zero attached hydrogens (tertiary/aromatic N) is 4. The first-order chi connectivity index (χ1) is 22.0. The van der Waals surface area contributed by atoms with Crippen LogP contribution in [0, 0.1) is 12.8 Å². The molecular weight excluding hydrogens is 580 g/mol. The number of aryl methyl sites for hydroxylation is 2. The Bertz CT molecular complexity index is 1750. The second kappa shape index (κ2) is 14.2. The van der Waals surface area contributed by atoms with Crippen molar-refractivity contribution in [2.24, 2.45) is 5.92 Å². The van der Waals surface area contributed by atoms with Crippen LogP contribution in [-0.2, 0) is 17.7 Å². The molecule has 5 rings (SSSR count). The summed E-state index contributed by atoms with van der Waals surface area (Å²) in [6.45, 7) is 15.3. The number of aromatic amines is 1. The van der Waals surface area contributed by atoms with Crippen molar-refractivity contribution in [3.63, 3.8) is 0 Å². The Kier molecular flexibility index (Phi) is 10.1. The van der Waals surface area contributed by atoms with Crippen LogP contribution in [0.3, 0.4) is 0 Å². The number of hydrogen-bond donors (Lipinski definition) is 2. The summed E-state index contributed by atoms with van der Waals surface area (Å²) < 4.78 is 7.55. The van der Waals surface area contributed by atoms with Gasteiger partial charge in [-0.15, -0.1) is 0 Å². The highest BCUT2D eigenvalue weighted by molar-refractivity contribution is 6.08. The van der Waals surface area contributed by atoms with Gasteiger partial charge in [-0.1, -0.05) is 27.2 Å². The number of H-pyrrole nitrogens is 1. The average molecular weight is 627 g/mol. The van der Waals surface area contributed by atoms with Gasteiger partial charge >= 0.3 is 6.09 Å². The topological polar surface area (TPSA) is 113 Å². The number of piperazine rings is 1. The van der Waals surface area contributed by atoms with Crippen LogP contribution in [0.5, 0.6) is 0 Å². The summed E-state index contributed by atoms with van der Waals surface area (Å²) in [6, 6.07) is 12.2. The van der Waals surface area contributed by atoms with Crippen molar-refractivity contribution in [2.75, 3.05) is 37.7 Å². The molecule has 1 aliphatic heterocycles. The third-order valence-corrected chi connectivity index (χ3v) is 8.43. The van der Waals surface area contributed by atoms with Gasteiger partial charge in [0, 0.05) is 84.4 Å². The van der Waals surface area contributed by atoms with Gasteiger partial charge < -0.3 is 29.4 Å². The van der Waals surface area contributed by atoms with E-state index < -0.39 is 0 Å². The lowest BCUT2D eigenvalue weighted by molar-refractivity contribution is 0.0900. The number of hydrogen-bond acceptors (Lipinski definition) is 6. The molecule has 46 heavy (non-hydrogen) atoms. The van der Waals surface area contributed by atoms with E-state index in [1.165, 1.54) is 0 Å². The maximum absolute atomic E-state index is 13.8. The van der Waals surface area contributed by atoms with E-state index in [9.17, 15) is 14.4 Å². The first kappa shape index (κ1) is 32.8. The molecule has 10 heteroatoms. The predicted molar refractivity (Wildman–Crippen MR) is 182 cm³/mol. The van der Waals surface area contributed by atoms with Crippen LogP contribution in [0.25, 0.3) is 22.0 Å². The summed E-state index contributed by atoms with van der Waals surface area (Å²) in [5.74, 6) is 0.914. The van der Waals surface area contributed by atoms with E-state index in [2.05, 4.69) is 46.6 Å². The molecule has 3 aromatic heterocycles. The van der Waals surface area contributed by atoms with Gasteiger partial charge in [0.2, 0.25) is 0 Å². The SMILES string of the molecule is CCCc1cc(C)[nH]c(=O)c1CNC(=O)c1cc(-c2ccc(N3CCN(C(=O)OCC(C)C)CC3)nc2)cc2c1ccn2C(C)C. The number of anilines is 1. The van der Waals surface area contributed by atoms with E-state index in [-0.39, 0.29) is 30.1 Å². The van der Waals surface area contributed by atoms with Crippen molar-refractivity contribution in [2.45, 2.75) is 67.0 Å². The number of ether oxygens (including phenoxy) is 1. The predicted octanol–water partition coefficient (Wildman–Crippen LogP) is 6.08. The highest BCUT2D eigenvalue weighted by atomic mass is 16.6. The summed E-state index contributed by atoms with van der Waals surface area (Å²) in [5, 5.41) is 3.89. The molecule has 0 atom stereocenters. The standard InChI is InChI=1S/C36H46N6O4/c1-7-8-26-17-25(6)39-35(44)31(26)21-38-34(43)30-18-28(19-32-29(30)11-12-42(32)24(4)5)27-9-10-33(37-20-27)40-13-15-41(16-14-40)36(45)46-22-23(2)3/h9-12,17-20,23-24H,7-8,13-16,21-22H2,1-6H3,(H,38,43)(H,39,44). The number of benzene rings is 1. The molecular formula is C36H46N6O4. The van der Waals surface area contributed by atoms with E-state index in [4.69, 9.17) is 9.72 Å². The molecule has 2 amide bonds. The van der Waals surface area contributed by atoms with Crippen LogP contribution in [0.15, 0.2) is 53.6 Å². The van der Waals surface area contributed by atoms with E-state index in [0.717, 1.165) is 51.9 Å². The Hall–Kier alpha value is -4.60. The molecule has 1 aliphatic rings. The Labute approximate surface area is 270 Å². The number of pyridine rings is 2. The average Bonchev–Trinajstić information content (AvgIpc) is 3.47. The molecule has 244 valence electrons. The van der Waals surface area contributed by atoms with E-state index in [1.54, 1.807) is 4.90 Å². The lowest BCUT2D eigenvalue weighted by atomic mass is 10.00. The fourth-order valence-corrected chi connectivity index (χ4v) is 5.99. The molecule has 1 saturated heterocycles. The minimum Gasteiger partial charge on any atom is -0.449 e. The van der Waals surface area contributed by atoms with Crippen LogP contribution in [0.4, 0.5) is 10.6 Å². The number of rotatable bonds is 10. The number of nitrogens with one attached hydrogen (secondary N) is 2. The Morgan fingerprint density at radius 2 is 1.78 bits per heavy atom. The van der Waals surface area contributed by atoms with Gasteiger partial charge in [-0.25, -0.2) is 9.78 Å². The van der Waals surface area contributed by atoms with Crippen LogP contribution >= 0.6 is 0 Å². The summed E-state index contributed by atoms with van der Waals surface area (Å²) in [6.07, 6.45) is 5.28. The second-order valence-corrected chi connectivity index (χ2v) is 12.8. The maximum atomic E-state index is 13.8. The minimum atomic E-state index is -0.259. The number of carbonyl (C=O) groups excluding carboxylic acids is 2. The van der Waals surface area contributed by atoms with Crippen molar-refractivity contribution in [1.29, 1.82) is 0 Å². The quantitative estimate of drug-likeness (QED) is 0.221. The molecule has 0 unspecified atom stereocenters. The van der Waals surface area contributed by atoms with Crippen molar-refractivity contribution in [3.05, 3.63) is 81.5 Å². The van der Waals surface area contributed by atoms with Crippen molar-refractivity contribution < 1.29 is 14.3 Å². The van der Waals surface area contributed by atoms with Gasteiger partial charge in [-0.2, -0.15) is 0 Å². The summed E-state index contributed by atoms with van der Waals surface area (Å²) in [7, 11) is 0. The highest BCUT2D eigenvalue weighted by Crippen LogP contribution is 2.31. The van der Waals surface area contributed by atoms with Crippen LogP contribution < -0.4 is 15.8 Å². The molecule has 0 saturated carbocycles. The number of carbonyl (C=O) groups is 2. The van der Waals surface area contributed by atoms with E-state index in [0.29, 0.717) is 49.8 Å². The molecule has 0 bridgehead atoms. The molecule has 10 nitrogen and oxygen atoms in total. The fourth-order valence-electron chi connectivity index (χ4n) is 5.99. The van der Waals surface area contributed by atoms with Crippen molar-refractivity contribution in [3.8, 4) is 11.1 Å².